The van der Waals surface area contributed by atoms with E-state index in [2.05, 4.69) is 20.7 Å². The van der Waals surface area contributed by atoms with Crippen molar-refractivity contribution in [1.29, 1.82) is 0 Å². The van der Waals surface area contributed by atoms with Crippen LogP contribution in [-0.2, 0) is 10.0 Å². The third kappa shape index (κ3) is 3.96. The number of benzene rings is 1. The molecule has 0 aliphatic heterocycles. The van der Waals surface area contributed by atoms with Gasteiger partial charge in [-0.2, -0.15) is 0 Å². The molecule has 0 unspecified atom stereocenters. The summed E-state index contributed by atoms with van der Waals surface area (Å²) in [6, 6.07) is 5.39. The van der Waals surface area contributed by atoms with Crippen LogP contribution in [0, 0.1) is 6.92 Å². The van der Waals surface area contributed by atoms with Crippen molar-refractivity contribution in [2.24, 2.45) is 0 Å². The molecule has 1 aromatic rings. The molecule has 16 heavy (non-hydrogen) atoms. The zero-order valence-corrected chi connectivity index (χ0v) is 12.0. The number of hydrogen-bond donors (Lipinski definition) is 1. The van der Waals surface area contributed by atoms with E-state index in [1.165, 1.54) is 0 Å². The summed E-state index contributed by atoms with van der Waals surface area (Å²) < 4.78 is 26.7. The second-order valence-corrected chi connectivity index (χ2v) is 6.45. The van der Waals surface area contributed by atoms with E-state index in [-0.39, 0.29) is 5.75 Å². The van der Waals surface area contributed by atoms with Crippen molar-refractivity contribution in [3.63, 3.8) is 0 Å². The first-order valence-corrected chi connectivity index (χ1v) is 7.76. The van der Waals surface area contributed by atoms with Crippen LogP contribution in [0.1, 0.15) is 12.0 Å². The summed E-state index contributed by atoms with van der Waals surface area (Å²) >= 11 is 8.82. The Morgan fingerprint density at radius 1 is 1.44 bits per heavy atom. The predicted molar refractivity (Wildman–Crippen MR) is 71.6 cm³/mol. The summed E-state index contributed by atoms with van der Waals surface area (Å²) in [5, 5.41) is 0. The number of anilines is 1. The number of rotatable bonds is 5. The molecule has 0 atom stereocenters. The fourth-order valence-electron chi connectivity index (χ4n) is 1.18. The topological polar surface area (TPSA) is 46.2 Å². The lowest BCUT2D eigenvalue weighted by molar-refractivity contribution is 0.600. The maximum atomic E-state index is 11.6. The van der Waals surface area contributed by atoms with Gasteiger partial charge in [-0.3, -0.25) is 4.72 Å². The molecule has 1 N–H and O–H groups in total. The van der Waals surface area contributed by atoms with Crippen LogP contribution in [0.25, 0.3) is 0 Å². The molecule has 0 aliphatic carbocycles. The first-order chi connectivity index (χ1) is 7.46. The van der Waals surface area contributed by atoms with Crippen LogP contribution >= 0.6 is 27.5 Å². The van der Waals surface area contributed by atoms with Gasteiger partial charge in [-0.15, -0.1) is 11.6 Å². The minimum Gasteiger partial charge on any atom is -0.283 e. The van der Waals surface area contributed by atoms with Gasteiger partial charge in [0, 0.05) is 10.4 Å². The standard InChI is InChI=1S/C10H13BrClNO2S/c1-8-9(11)4-2-5-10(8)13-16(14,15)7-3-6-12/h2,4-5,13H,3,6-7H2,1H3. The highest BCUT2D eigenvalue weighted by Gasteiger charge is 2.11. The van der Waals surface area contributed by atoms with Crippen molar-refractivity contribution in [1.82, 2.24) is 0 Å². The van der Waals surface area contributed by atoms with Gasteiger partial charge in [0.05, 0.1) is 11.4 Å². The first kappa shape index (κ1) is 13.8. The average molecular weight is 327 g/mol. The van der Waals surface area contributed by atoms with Gasteiger partial charge >= 0.3 is 0 Å². The van der Waals surface area contributed by atoms with Crippen LogP contribution in [0.2, 0.25) is 0 Å². The Morgan fingerprint density at radius 2 is 2.12 bits per heavy atom. The second-order valence-electron chi connectivity index (χ2n) is 3.38. The van der Waals surface area contributed by atoms with Crippen molar-refractivity contribution in [2.45, 2.75) is 13.3 Å². The Labute approximate surface area is 109 Å². The summed E-state index contributed by atoms with van der Waals surface area (Å²) in [5.41, 5.74) is 1.47. The Balaban J connectivity index is 2.84. The van der Waals surface area contributed by atoms with Crippen molar-refractivity contribution >= 4 is 43.2 Å². The molecule has 90 valence electrons. The lowest BCUT2D eigenvalue weighted by atomic mass is 10.2. The highest BCUT2D eigenvalue weighted by Crippen LogP contribution is 2.24. The van der Waals surface area contributed by atoms with Gasteiger partial charge in [0.25, 0.3) is 0 Å². The Kier molecular flexibility index (Phi) is 5.08. The van der Waals surface area contributed by atoms with E-state index in [1.807, 2.05) is 13.0 Å². The Bertz CT molecular complexity index is 462. The van der Waals surface area contributed by atoms with Crippen LogP contribution in [-0.4, -0.2) is 20.1 Å². The Hall–Kier alpha value is -0.260. The highest BCUT2D eigenvalue weighted by atomic mass is 79.9. The molecule has 0 heterocycles. The van der Waals surface area contributed by atoms with Gasteiger partial charge in [0.2, 0.25) is 10.0 Å². The van der Waals surface area contributed by atoms with Crippen LogP contribution in [0.3, 0.4) is 0 Å². The molecule has 0 spiro atoms. The summed E-state index contributed by atoms with van der Waals surface area (Å²) in [5.74, 6) is 0.390. The molecule has 0 fully saturated rings. The monoisotopic (exact) mass is 325 g/mol. The van der Waals surface area contributed by atoms with Gasteiger partial charge in [-0.25, -0.2) is 8.42 Å². The van der Waals surface area contributed by atoms with Gasteiger partial charge in [-0.05, 0) is 31.0 Å². The zero-order chi connectivity index (χ0) is 12.2. The summed E-state index contributed by atoms with van der Waals surface area (Å²) in [6.45, 7) is 1.85. The smallest absolute Gasteiger partial charge is 0.232 e. The number of halogens is 2. The summed E-state index contributed by atoms with van der Waals surface area (Å²) in [7, 11) is -3.29. The van der Waals surface area contributed by atoms with Crippen molar-refractivity contribution in [3.8, 4) is 0 Å². The fourth-order valence-corrected chi connectivity index (χ4v) is 3.02. The van der Waals surface area contributed by atoms with Crippen LogP contribution in [0.15, 0.2) is 22.7 Å². The van der Waals surface area contributed by atoms with Gasteiger partial charge in [0.1, 0.15) is 0 Å². The Morgan fingerprint density at radius 3 is 2.75 bits per heavy atom. The van der Waals surface area contributed by atoms with Crippen molar-refractivity contribution in [2.75, 3.05) is 16.4 Å². The van der Waals surface area contributed by atoms with Gasteiger partial charge < -0.3 is 0 Å². The molecule has 0 saturated carbocycles. The van der Waals surface area contributed by atoms with E-state index in [0.29, 0.717) is 18.0 Å². The quantitative estimate of drug-likeness (QED) is 0.845. The van der Waals surface area contributed by atoms with E-state index in [9.17, 15) is 8.42 Å². The molecule has 0 aromatic heterocycles. The average Bonchev–Trinajstić information content (AvgIpc) is 2.22. The molecule has 0 saturated heterocycles. The number of hydrogen-bond acceptors (Lipinski definition) is 2. The number of nitrogens with one attached hydrogen (secondary N) is 1. The van der Waals surface area contributed by atoms with E-state index in [4.69, 9.17) is 11.6 Å². The highest BCUT2D eigenvalue weighted by molar-refractivity contribution is 9.10. The van der Waals surface area contributed by atoms with Crippen LogP contribution < -0.4 is 4.72 Å². The van der Waals surface area contributed by atoms with Crippen molar-refractivity contribution < 1.29 is 8.42 Å². The lowest BCUT2D eigenvalue weighted by Gasteiger charge is -2.10. The van der Waals surface area contributed by atoms with Gasteiger partial charge in [-0.1, -0.05) is 22.0 Å². The van der Waals surface area contributed by atoms with E-state index in [0.717, 1.165) is 10.0 Å². The number of sulfonamides is 1. The molecule has 0 radical (unpaired) electrons. The van der Waals surface area contributed by atoms with Gasteiger partial charge in [0.15, 0.2) is 0 Å². The van der Waals surface area contributed by atoms with Crippen molar-refractivity contribution in [3.05, 3.63) is 28.2 Å². The van der Waals surface area contributed by atoms with Crippen LogP contribution in [0.5, 0.6) is 0 Å². The molecule has 0 bridgehead atoms. The SMILES string of the molecule is Cc1c(Br)cccc1NS(=O)(=O)CCCCl. The maximum absolute atomic E-state index is 11.6. The molecular weight excluding hydrogens is 314 g/mol. The first-order valence-electron chi connectivity index (χ1n) is 4.78. The zero-order valence-electron chi connectivity index (χ0n) is 8.83. The van der Waals surface area contributed by atoms with E-state index in [1.54, 1.807) is 12.1 Å². The van der Waals surface area contributed by atoms with Crippen LogP contribution in [0.4, 0.5) is 5.69 Å². The molecule has 1 aromatic carbocycles. The lowest BCUT2D eigenvalue weighted by Crippen LogP contribution is -2.17. The molecule has 0 amide bonds. The third-order valence-electron chi connectivity index (χ3n) is 2.08. The normalized spacial score (nSPS) is 11.4. The van der Waals surface area contributed by atoms with E-state index >= 15 is 0 Å². The molecule has 0 aliphatic rings. The minimum atomic E-state index is -3.29. The molecule has 1 rings (SSSR count). The fraction of sp³-hybridized carbons (Fsp3) is 0.400. The largest absolute Gasteiger partial charge is 0.283 e. The third-order valence-corrected chi connectivity index (χ3v) is 4.56. The summed E-state index contributed by atoms with van der Waals surface area (Å²) in [4.78, 5) is 0. The number of alkyl halides is 1. The minimum absolute atomic E-state index is 0.0441. The second kappa shape index (κ2) is 5.89. The summed E-state index contributed by atoms with van der Waals surface area (Å²) in [6.07, 6.45) is 0.448. The maximum Gasteiger partial charge on any atom is 0.232 e. The van der Waals surface area contributed by atoms with E-state index < -0.39 is 10.0 Å². The predicted octanol–water partition coefficient (Wildman–Crippen LogP) is 3.13. The molecule has 6 heteroatoms. The molecule has 3 nitrogen and oxygen atoms in total. The molecular formula is C10H13BrClNO2S.